The SMILES string of the molecule is c1ccc2c(c1)-c1ccc(-c3ccc4c5c(cccc35)-c3cc(-c5ccc6sc7ccccc7c6c5)ccc3O4)cc1C21C2CC3CC(C2)CC1C3. The summed E-state index contributed by atoms with van der Waals surface area (Å²) in [7, 11) is 0. The van der Waals surface area contributed by atoms with E-state index in [4.69, 9.17) is 4.74 Å². The first-order chi connectivity index (χ1) is 25.7. The minimum atomic E-state index is 0.165. The van der Waals surface area contributed by atoms with Crippen LogP contribution in [0.25, 0.3) is 75.5 Å². The van der Waals surface area contributed by atoms with Crippen molar-refractivity contribution in [3.63, 3.8) is 0 Å². The molecule has 8 aromatic rings. The Balaban J connectivity index is 0.961. The fraction of sp³-hybridized carbons (Fsp3) is 0.200. The summed E-state index contributed by atoms with van der Waals surface area (Å²) in [5, 5.41) is 5.16. The topological polar surface area (TPSA) is 9.23 Å². The molecule has 0 radical (unpaired) electrons. The van der Waals surface area contributed by atoms with Gasteiger partial charge in [0.2, 0.25) is 0 Å². The van der Waals surface area contributed by atoms with E-state index in [1.54, 1.807) is 11.1 Å². The van der Waals surface area contributed by atoms with E-state index in [0.29, 0.717) is 0 Å². The number of benzene rings is 7. The molecule has 6 aliphatic rings. The molecule has 0 saturated heterocycles. The molecule has 5 aliphatic carbocycles. The predicted octanol–water partition coefficient (Wildman–Crippen LogP) is 14.0. The largest absolute Gasteiger partial charge is 0.456 e. The molecular weight excluding hydrogens is 649 g/mol. The Morgan fingerprint density at radius 3 is 2.02 bits per heavy atom. The van der Waals surface area contributed by atoms with E-state index in [2.05, 4.69) is 133 Å². The summed E-state index contributed by atoms with van der Waals surface area (Å²) in [6.07, 6.45) is 7.10. The molecule has 1 nitrogen and oxygen atoms in total. The van der Waals surface area contributed by atoms with Gasteiger partial charge in [0.15, 0.2) is 0 Å². The molecular formula is C50H36OS. The Kier molecular flexibility index (Phi) is 5.48. The number of hydrogen-bond acceptors (Lipinski definition) is 2. The van der Waals surface area contributed by atoms with Crippen LogP contribution in [0.3, 0.4) is 0 Å². The van der Waals surface area contributed by atoms with Crippen LogP contribution in [0.4, 0.5) is 0 Å². The summed E-state index contributed by atoms with van der Waals surface area (Å²) in [5.41, 5.74) is 13.9. The normalized spacial score (nSPS) is 24.4. The highest BCUT2D eigenvalue weighted by molar-refractivity contribution is 7.25. The minimum Gasteiger partial charge on any atom is -0.456 e. The van der Waals surface area contributed by atoms with Gasteiger partial charge in [-0.2, -0.15) is 0 Å². The first-order valence-electron chi connectivity index (χ1n) is 19.2. The monoisotopic (exact) mass is 684 g/mol. The van der Waals surface area contributed by atoms with Crippen LogP contribution >= 0.6 is 11.3 Å². The lowest BCUT2D eigenvalue weighted by molar-refractivity contribution is -0.0399. The highest BCUT2D eigenvalue weighted by Gasteiger charge is 2.61. The Hall–Kier alpha value is -5.18. The summed E-state index contributed by atoms with van der Waals surface area (Å²) < 4.78 is 9.40. The van der Waals surface area contributed by atoms with Crippen LogP contribution in [0.1, 0.15) is 43.2 Å². The number of thiophene rings is 1. The first-order valence-corrected chi connectivity index (χ1v) is 20.1. The number of fused-ring (bicyclic) bond motifs is 8. The van der Waals surface area contributed by atoms with Gasteiger partial charge in [-0.05, 0) is 154 Å². The van der Waals surface area contributed by atoms with E-state index in [1.807, 2.05) is 11.3 Å². The quantitative estimate of drug-likeness (QED) is 0.176. The van der Waals surface area contributed by atoms with Crippen molar-refractivity contribution >= 4 is 42.3 Å². The van der Waals surface area contributed by atoms with Gasteiger partial charge >= 0.3 is 0 Å². The van der Waals surface area contributed by atoms with Gasteiger partial charge in [0.1, 0.15) is 11.5 Å². The number of hydrogen-bond donors (Lipinski definition) is 0. The molecule has 1 aliphatic heterocycles. The lowest BCUT2D eigenvalue weighted by Crippen LogP contribution is -2.55. The van der Waals surface area contributed by atoms with Gasteiger partial charge in [0.25, 0.3) is 0 Å². The molecule has 0 N–H and O–H groups in total. The van der Waals surface area contributed by atoms with Crippen molar-refractivity contribution in [3.8, 4) is 56.0 Å². The average molecular weight is 685 g/mol. The van der Waals surface area contributed by atoms with E-state index in [0.717, 1.165) is 35.2 Å². The molecule has 0 atom stereocenters. The Labute approximate surface area is 307 Å². The van der Waals surface area contributed by atoms with Crippen molar-refractivity contribution in [2.45, 2.75) is 37.5 Å². The van der Waals surface area contributed by atoms with Crippen LogP contribution in [0.2, 0.25) is 0 Å². The molecule has 0 unspecified atom stereocenters. The highest BCUT2D eigenvalue weighted by atomic mass is 32.1. The third kappa shape index (κ3) is 3.59. The molecule has 52 heavy (non-hydrogen) atoms. The molecule has 1 spiro atoms. The smallest absolute Gasteiger partial charge is 0.135 e. The molecule has 7 aromatic carbocycles. The van der Waals surface area contributed by atoms with Crippen LogP contribution in [-0.2, 0) is 5.41 Å². The molecule has 4 saturated carbocycles. The predicted molar refractivity (Wildman–Crippen MR) is 216 cm³/mol. The van der Waals surface area contributed by atoms with Crippen LogP contribution in [-0.4, -0.2) is 0 Å². The third-order valence-electron chi connectivity index (χ3n) is 14.1. The minimum absolute atomic E-state index is 0.165. The van der Waals surface area contributed by atoms with Crippen LogP contribution in [0.5, 0.6) is 11.5 Å². The van der Waals surface area contributed by atoms with E-state index in [9.17, 15) is 0 Å². The highest BCUT2D eigenvalue weighted by Crippen LogP contribution is 2.69. The van der Waals surface area contributed by atoms with E-state index < -0.39 is 0 Å². The van der Waals surface area contributed by atoms with Gasteiger partial charge in [0.05, 0.1) is 0 Å². The van der Waals surface area contributed by atoms with Gasteiger partial charge in [-0.15, -0.1) is 11.3 Å². The maximum absolute atomic E-state index is 6.72. The number of rotatable bonds is 2. The van der Waals surface area contributed by atoms with Crippen molar-refractivity contribution < 1.29 is 4.74 Å². The van der Waals surface area contributed by atoms with Crippen LogP contribution in [0, 0.1) is 23.7 Å². The maximum atomic E-state index is 6.72. The molecule has 14 rings (SSSR count). The van der Waals surface area contributed by atoms with Crippen molar-refractivity contribution in [1.82, 2.24) is 0 Å². The second-order valence-electron chi connectivity index (χ2n) is 16.4. The van der Waals surface area contributed by atoms with Gasteiger partial charge in [0, 0.05) is 36.5 Å². The fourth-order valence-corrected chi connectivity index (χ4v) is 13.4. The Morgan fingerprint density at radius 1 is 0.442 bits per heavy atom. The zero-order valence-electron chi connectivity index (χ0n) is 28.9. The maximum Gasteiger partial charge on any atom is 0.135 e. The lowest BCUT2D eigenvalue weighted by Gasteiger charge is -2.61. The van der Waals surface area contributed by atoms with E-state index in [-0.39, 0.29) is 5.41 Å². The third-order valence-corrected chi connectivity index (χ3v) is 15.2. The molecule has 4 bridgehead atoms. The van der Waals surface area contributed by atoms with Crippen LogP contribution in [0.15, 0.2) is 133 Å². The van der Waals surface area contributed by atoms with Gasteiger partial charge < -0.3 is 4.74 Å². The summed E-state index contributed by atoms with van der Waals surface area (Å²) in [4.78, 5) is 0. The zero-order valence-corrected chi connectivity index (χ0v) is 29.7. The lowest BCUT2D eigenvalue weighted by atomic mass is 9.43. The first kappa shape index (κ1) is 28.4. The average Bonchev–Trinajstić information content (AvgIpc) is 3.70. The van der Waals surface area contributed by atoms with Gasteiger partial charge in [-0.3, -0.25) is 0 Å². The van der Waals surface area contributed by atoms with E-state index in [1.165, 1.54) is 108 Å². The summed E-state index contributed by atoms with van der Waals surface area (Å²) >= 11 is 1.87. The molecule has 4 fully saturated rings. The van der Waals surface area contributed by atoms with Gasteiger partial charge in [-0.25, -0.2) is 0 Å². The van der Waals surface area contributed by atoms with Crippen LogP contribution < -0.4 is 4.74 Å². The fourth-order valence-electron chi connectivity index (χ4n) is 12.3. The van der Waals surface area contributed by atoms with Crippen molar-refractivity contribution in [2.75, 3.05) is 0 Å². The zero-order chi connectivity index (χ0) is 33.7. The summed E-state index contributed by atoms with van der Waals surface area (Å²) in [6, 6.07) is 50.7. The summed E-state index contributed by atoms with van der Waals surface area (Å²) in [5.74, 6) is 5.28. The number of ether oxygens (including phenoxy) is 1. The van der Waals surface area contributed by atoms with Gasteiger partial charge in [-0.1, -0.05) is 91.0 Å². The molecule has 2 heteroatoms. The second-order valence-corrected chi connectivity index (χ2v) is 17.5. The molecule has 248 valence electrons. The van der Waals surface area contributed by atoms with Crippen molar-refractivity contribution in [3.05, 3.63) is 145 Å². The Morgan fingerprint density at radius 2 is 1.12 bits per heavy atom. The second kappa shape index (κ2) is 10.0. The standard InChI is InChI=1S/C50H36OS/c1-3-10-43-36(6-1)37-15-12-32(27-44(37)50(43)33-21-28-20-29(23-33)24-34(50)22-28)35-16-18-46-49-39(35)8-5-9-40(49)41-25-30(13-17-45(41)51-46)31-14-19-48-42(26-31)38-7-2-4-11-47(38)52-48/h1-19,25-29,33-34H,20-24H2. The summed E-state index contributed by atoms with van der Waals surface area (Å²) in [6.45, 7) is 0. The Bertz CT molecular complexity index is 2830. The van der Waals surface area contributed by atoms with Crippen molar-refractivity contribution in [2.24, 2.45) is 23.7 Å². The molecule has 0 amide bonds. The molecule has 2 heterocycles. The molecule has 1 aromatic heterocycles. The van der Waals surface area contributed by atoms with E-state index >= 15 is 0 Å². The van der Waals surface area contributed by atoms with Crippen molar-refractivity contribution in [1.29, 1.82) is 0 Å².